The first-order chi connectivity index (χ1) is 10.3. The molecule has 0 spiro atoms. The van der Waals surface area contributed by atoms with Gasteiger partial charge in [0.1, 0.15) is 11.9 Å². The molecule has 21 heavy (non-hydrogen) atoms. The molecule has 0 aliphatic rings. The van der Waals surface area contributed by atoms with Crippen LogP contribution in [0.2, 0.25) is 0 Å². The lowest BCUT2D eigenvalue weighted by Crippen LogP contribution is -2.34. The van der Waals surface area contributed by atoms with E-state index in [0.29, 0.717) is 5.88 Å². The zero-order chi connectivity index (χ0) is 14.9. The molecule has 0 radical (unpaired) electrons. The van der Waals surface area contributed by atoms with Crippen LogP contribution in [0.4, 0.5) is 0 Å². The van der Waals surface area contributed by atoms with E-state index in [1.807, 2.05) is 36.4 Å². The quantitative estimate of drug-likeness (QED) is 0.678. The van der Waals surface area contributed by atoms with E-state index >= 15 is 0 Å². The molecular formula is C18H22ClNO. The van der Waals surface area contributed by atoms with Gasteiger partial charge in [0.2, 0.25) is 0 Å². The summed E-state index contributed by atoms with van der Waals surface area (Å²) in [6, 6.07) is 20.4. The highest BCUT2D eigenvalue weighted by molar-refractivity contribution is 6.18. The van der Waals surface area contributed by atoms with Crippen LogP contribution >= 0.6 is 11.6 Å². The zero-order valence-electron chi connectivity index (χ0n) is 12.4. The van der Waals surface area contributed by atoms with Crippen molar-refractivity contribution in [1.29, 1.82) is 0 Å². The Morgan fingerprint density at radius 1 is 1.00 bits per heavy atom. The van der Waals surface area contributed by atoms with Crippen molar-refractivity contribution in [2.24, 2.45) is 0 Å². The monoisotopic (exact) mass is 303 g/mol. The minimum Gasteiger partial charge on any atom is -0.489 e. The summed E-state index contributed by atoms with van der Waals surface area (Å²) in [5.41, 5.74) is 1.30. The molecule has 1 atom stereocenters. The number of halogens is 1. The number of rotatable bonds is 8. The van der Waals surface area contributed by atoms with Gasteiger partial charge in [0, 0.05) is 25.5 Å². The van der Waals surface area contributed by atoms with Gasteiger partial charge >= 0.3 is 0 Å². The molecule has 2 nitrogen and oxygen atoms in total. The fourth-order valence-corrected chi connectivity index (χ4v) is 2.57. The minimum atomic E-state index is 0.124. The fourth-order valence-electron chi connectivity index (χ4n) is 2.33. The molecule has 0 aromatic heterocycles. The predicted octanol–water partition coefficient (Wildman–Crippen LogP) is 4.19. The average Bonchev–Trinajstić information content (AvgIpc) is 2.49. The largest absolute Gasteiger partial charge is 0.489 e. The van der Waals surface area contributed by atoms with Gasteiger partial charge in [-0.1, -0.05) is 48.5 Å². The van der Waals surface area contributed by atoms with Crippen molar-refractivity contribution >= 4 is 11.6 Å². The molecule has 112 valence electrons. The first kappa shape index (κ1) is 15.9. The number of hydrogen-bond donors (Lipinski definition) is 0. The van der Waals surface area contributed by atoms with Gasteiger partial charge in [-0.05, 0) is 24.6 Å². The normalized spacial score (nSPS) is 12.3. The third kappa shape index (κ3) is 5.78. The van der Waals surface area contributed by atoms with Crippen LogP contribution in [0, 0.1) is 0 Å². The number of ether oxygens (including phenoxy) is 1. The molecule has 0 saturated carbocycles. The van der Waals surface area contributed by atoms with Crippen LogP contribution in [0.15, 0.2) is 60.7 Å². The van der Waals surface area contributed by atoms with Crippen molar-refractivity contribution < 1.29 is 4.74 Å². The second-order valence-electron chi connectivity index (χ2n) is 5.15. The summed E-state index contributed by atoms with van der Waals surface area (Å²) >= 11 is 5.92. The molecule has 2 rings (SSSR count). The summed E-state index contributed by atoms with van der Waals surface area (Å²) in [7, 11) is 0. The van der Waals surface area contributed by atoms with E-state index in [9.17, 15) is 0 Å². The lowest BCUT2D eigenvalue weighted by atomic mass is 10.2. The maximum absolute atomic E-state index is 5.94. The molecule has 0 aliphatic heterocycles. The molecule has 0 heterocycles. The molecule has 0 aliphatic carbocycles. The lowest BCUT2D eigenvalue weighted by Gasteiger charge is -2.25. The summed E-state index contributed by atoms with van der Waals surface area (Å²) in [6.45, 7) is 4.71. The van der Waals surface area contributed by atoms with Crippen molar-refractivity contribution in [2.45, 2.75) is 19.6 Å². The lowest BCUT2D eigenvalue weighted by molar-refractivity contribution is 0.145. The van der Waals surface area contributed by atoms with E-state index < -0.39 is 0 Å². The molecule has 0 N–H and O–H groups in total. The Kier molecular flexibility index (Phi) is 6.58. The summed E-state index contributed by atoms with van der Waals surface area (Å²) in [4.78, 5) is 2.33. The van der Waals surface area contributed by atoms with Gasteiger partial charge in [-0.15, -0.1) is 11.6 Å². The molecular weight excluding hydrogens is 282 g/mol. The first-order valence-corrected chi connectivity index (χ1v) is 7.85. The van der Waals surface area contributed by atoms with E-state index in [1.54, 1.807) is 0 Å². The highest BCUT2D eigenvalue weighted by atomic mass is 35.5. The van der Waals surface area contributed by atoms with E-state index in [0.717, 1.165) is 25.4 Å². The van der Waals surface area contributed by atoms with Crippen molar-refractivity contribution in [3.8, 4) is 5.75 Å². The Morgan fingerprint density at radius 2 is 1.62 bits per heavy atom. The predicted molar refractivity (Wildman–Crippen MR) is 89.0 cm³/mol. The highest BCUT2D eigenvalue weighted by Crippen LogP contribution is 2.12. The van der Waals surface area contributed by atoms with Gasteiger partial charge in [0.15, 0.2) is 0 Å². The molecule has 0 fully saturated rings. The van der Waals surface area contributed by atoms with Gasteiger partial charge in [-0.3, -0.25) is 4.90 Å². The average molecular weight is 304 g/mol. The third-order valence-corrected chi connectivity index (χ3v) is 3.41. The van der Waals surface area contributed by atoms with Crippen LogP contribution in [0.5, 0.6) is 5.75 Å². The number of para-hydroxylation sites is 1. The molecule has 0 unspecified atom stereocenters. The van der Waals surface area contributed by atoms with Crippen LogP contribution in [0.1, 0.15) is 12.5 Å². The highest BCUT2D eigenvalue weighted by Gasteiger charge is 2.11. The van der Waals surface area contributed by atoms with Gasteiger partial charge in [-0.2, -0.15) is 0 Å². The minimum absolute atomic E-state index is 0.124. The Morgan fingerprint density at radius 3 is 2.24 bits per heavy atom. The summed E-state index contributed by atoms with van der Waals surface area (Å²) in [6.07, 6.45) is 0.124. The topological polar surface area (TPSA) is 12.5 Å². The van der Waals surface area contributed by atoms with E-state index in [4.69, 9.17) is 16.3 Å². The summed E-state index contributed by atoms with van der Waals surface area (Å²) in [5, 5.41) is 0. The smallest absolute Gasteiger partial charge is 0.119 e. The van der Waals surface area contributed by atoms with Gasteiger partial charge < -0.3 is 4.74 Å². The van der Waals surface area contributed by atoms with Crippen LogP contribution in [0.25, 0.3) is 0 Å². The number of alkyl halides is 1. The van der Waals surface area contributed by atoms with Crippen LogP contribution in [-0.2, 0) is 6.54 Å². The summed E-state index contributed by atoms with van der Waals surface area (Å²) < 4.78 is 5.94. The SMILES string of the molecule is C[C@H](CN(CCCl)Cc1ccccc1)Oc1ccccc1. The molecule has 0 saturated heterocycles. The third-order valence-electron chi connectivity index (χ3n) is 3.25. The van der Waals surface area contributed by atoms with Crippen molar-refractivity contribution in [2.75, 3.05) is 19.0 Å². The van der Waals surface area contributed by atoms with E-state index in [1.165, 1.54) is 5.56 Å². The molecule has 0 bridgehead atoms. The molecule has 2 aromatic carbocycles. The van der Waals surface area contributed by atoms with Crippen LogP contribution in [-0.4, -0.2) is 30.0 Å². The van der Waals surface area contributed by atoms with Crippen LogP contribution in [0.3, 0.4) is 0 Å². The Hall–Kier alpha value is -1.51. The Bertz CT molecular complexity index is 503. The maximum Gasteiger partial charge on any atom is 0.119 e. The second kappa shape index (κ2) is 8.71. The van der Waals surface area contributed by atoms with Crippen molar-refractivity contribution in [1.82, 2.24) is 4.90 Å². The standard InChI is InChI=1S/C18H22ClNO/c1-16(21-18-10-6-3-7-11-18)14-20(13-12-19)15-17-8-4-2-5-9-17/h2-11,16H,12-15H2,1H3/t16-/m1/s1. The number of hydrogen-bond acceptors (Lipinski definition) is 2. The molecule has 3 heteroatoms. The first-order valence-electron chi connectivity index (χ1n) is 7.32. The van der Waals surface area contributed by atoms with Crippen molar-refractivity contribution in [3.63, 3.8) is 0 Å². The van der Waals surface area contributed by atoms with Crippen LogP contribution < -0.4 is 4.74 Å². The Balaban J connectivity index is 1.89. The second-order valence-corrected chi connectivity index (χ2v) is 5.53. The zero-order valence-corrected chi connectivity index (χ0v) is 13.2. The molecule has 0 amide bonds. The van der Waals surface area contributed by atoms with E-state index in [2.05, 4.69) is 36.1 Å². The number of nitrogens with zero attached hydrogens (tertiary/aromatic N) is 1. The van der Waals surface area contributed by atoms with E-state index in [-0.39, 0.29) is 6.10 Å². The Labute approximate surface area is 132 Å². The number of benzene rings is 2. The maximum atomic E-state index is 5.94. The van der Waals surface area contributed by atoms with Gasteiger partial charge in [0.05, 0.1) is 0 Å². The van der Waals surface area contributed by atoms with Gasteiger partial charge in [-0.25, -0.2) is 0 Å². The summed E-state index contributed by atoms with van der Waals surface area (Å²) in [5.74, 6) is 1.54. The fraction of sp³-hybridized carbons (Fsp3) is 0.333. The van der Waals surface area contributed by atoms with Gasteiger partial charge in [0.25, 0.3) is 0 Å². The molecule has 2 aromatic rings. The van der Waals surface area contributed by atoms with Crippen molar-refractivity contribution in [3.05, 3.63) is 66.2 Å².